The van der Waals surface area contributed by atoms with E-state index in [-0.39, 0.29) is 0 Å². The van der Waals surface area contributed by atoms with E-state index in [1.807, 2.05) is 0 Å². The third-order valence-corrected chi connectivity index (χ3v) is 5.77. The molecule has 2 nitrogen and oxygen atoms in total. The highest BCUT2D eigenvalue weighted by Gasteiger charge is 2.31. The maximum Gasteiger partial charge on any atom is 0.0197 e. The molecule has 0 aromatic heterocycles. The van der Waals surface area contributed by atoms with Crippen LogP contribution >= 0.6 is 11.8 Å². The number of hydrogen-bond acceptors (Lipinski definition) is 3. The molecule has 3 atom stereocenters. The molecule has 1 heterocycles. The fourth-order valence-corrected chi connectivity index (χ4v) is 4.85. The van der Waals surface area contributed by atoms with E-state index >= 15 is 0 Å². The molecule has 2 rings (SSSR count). The summed E-state index contributed by atoms with van der Waals surface area (Å²) in [6, 6.07) is 1.60. The molecule has 0 amide bonds. The van der Waals surface area contributed by atoms with Gasteiger partial charge in [0.05, 0.1) is 0 Å². The molecular formula is C16H32N2S. The predicted molar refractivity (Wildman–Crippen MR) is 87.0 cm³/mol. The quantitative estimate of drug-likeness (QED) is 0.833. The molecule has 112 valence electrons. The summed E-state index contributed by atoms with van der Waals surface area (Å²) in [6.07, 6.45) is 6.98. The van der Waals surface area contributed by atoms with Crippen LogP contribution in [0.25, 0.3) is 0 Å². The van der Waals surface area contributed by atoms with Gasteiger partial charge in [-0.3, -0.25) is 4.90 Å². The highest BCUT2D eigenvalue weighted by Crippen LogP contribution is 2.33. The van der Waals surface area contributed by atoms with Crippen LogP contribution in [0.3, 0.4) is 0 Å². The molecule has 1 saturated carbocycles. The summed E-state index contributed by atoms with van der Waals surface area (Å²) in [7, 11) is 0. The second kappa shape index (κ2) is 7.90. The van der Waals surface area contributed by atoms with Crippen LogP contribution in [0.15, 0.2) is 0 Å². The van der Waals surface area contributed by atoms with E-state index in [1.54, 1.807) is 0 Å². The molecule has 0 bridgehead atoms. The second-order valence-corrected chi connectivity index (χ2v) is 8.25. The molecule has 0 aromatic carbocycles. The monoisotopic (exact) mass is 284 g/mol. The van der Waals surface area contributed by atoms with Crippen LogP contribution in [-0.2, 0) is 0 Å². The van der Waals surface area contributed by atoms with Gasteiger partial charge in [-0.25, -0.2) is 0 Å². The summed E-state index contributed by atoms with van der Waals surface area (Å²) < 4.78 is 0. The molecule has 1 N–H and O–H groups in total. The Hall–Kier alpha value is 0.270. The lowest BCUT2D eigenvalue weighted by atomic mass is 10.0. The lowest BCUT2D eigenvalue weighted by molar-refractivity contribution is 0.189. The van der Waals surface area contributed by atoms with E-state index in [0.717, 1.165) is 23.3 Å². The van der Waals surface area contributed by atoms with Crippen LogP contribution in [0.5, 0.6) is 0 Å². The van der Waals surface area contributed by atoms with Crippen LogP contribution in [0.1, 0.15) is 52.9 Å². The summed E-state index contributed by atoms with van der Waals surface area (Å²) in [6.45, 7) is 10.8. The first-order chi connectivity index (χ1) is 9.19. The highest BCUT2D eigenvalue weighted by molar-refractivity contribution is 7.99. The highest BCUT2D eigenvalue weighted by atomic mass is 32.2. The number of rotatable bonds is 5. The summed E-state index contributed by atoms with van der Waals surface area (Å²) in [5.74, 6) is 2.10. The van der Waals surface area contributed by atoms with Crippen molar-refractivity contribution in [1.82, 2.24) is 10.2 Å². The van der Waals surface area contributed by atoms with Gasteiger partial charge in [0.25, 0.3) is 0 Å². The molecule has 1 saturated heterocycles. The Balaban J connectivity index is 1.84. The zero-order chi connectivity index (χ0) is 13.7. The van der Waals surface area contributed by atoms with Crippen molar-refractivity contribution >= 4 is 11.8 Å². The van der Waals surface area contributed by atoms with Gasteiger partial charge in [0, 0.05) is 23.9 Å². The lowest BCUT2D eigenvalue weighted by Crippen LogP contribution is -2.42. The third-order valence-electron chi connectivity index (χ3n) is 4.54. The summed E-state index contributed by atoms with van der Waals surface area (Å²) in [5.41, 5.74) is 0. The van der Waals surface area contributed by atoms with Crippen LogP contribution in [0.2, 0.25) is 0 Å². The molecular weight excluding hydrogens is 252 g/mol. The van der Waals surface area contributed by atoms with Crippen molar-refractivity contribution in [3.8, 4) is 0 Å². The number of hydrogen-bond donors (Lipinski definition) is 1. The average molecular weight is 285 g/mol. The average Bonchev–Trinajstić information content (AvgIpc) is 2.69. The van der Waals surface area contributed by atoms with Gasteiger partial charge in [-0.1, -0.05) is 20.8 Å². The Bertz CT molecular complexity index is 257. The van der Waals surface area contributed by atoms with Gasteiger partial charge >= 0.3 is 0 Å². The molecule has 2 fully saturated rings. The molecule has 1 aliphatic carbocycles. The minimum Gasteiger partial charge on any atom is -0.313 e. The fraction of sp³-hybridized carbons (Fsp3) is 1.00. The molecule has 0 spiro atoms. The minimum atomic E-state index is 0.723. The van der Waals surface area contributed by atoms with E-state index in [2.05, 4.69) is 42.7 Å². The fourth-order valence-electron chi connectivity index (χ4n) is 3.72. The van der Waals surface area contributed by atoms with Crippen molar-refractivity contribution in [2.45, 2.75) is 70.2 Å². The Morgan fingerprint density at radius 1 is 1.32 bits per heavy atom. The minimum absolute atomic E-state index is 0.723. The van der Waals surface area contributed by atoms with Gasteiger partial charge in [0.1, 0.15) is 0 Å². The summed E-state index contributed by atoms with van der Waals surface area (Å²) >= 11 is 2.18. The first kappa shape index (κ1) is 15.7. The maximum absolute atomic E-state index is 3.76. The van der Waals surface area contributed by atoms with E-state index < -0.39 is 0 Å². The SMILES string of the molecule is CCSC1CCC(N2CCCNC(CC(C)C)C2)C1. The Morgan fingerprint density at radius 2 is 2.16 bits per heavy atom. The molecule has 2 aliphatic rings. The van der Waals surface area contributed by atoms with E-state index in [4.69, 9.17) is 0 Å². The third kappa shape index (κ3) is 4.95. The molecule has 3 heteroatoms. The van der Waals surface area contributed by atoms with Crippen LogP contribution in [0.4, 0.5) is 0 Å². The summed E-state index contributed by atoms with van der Waals surface area (Å²) in [5, 5.41) is 4.70. The van der Waals surface area contributed by atoms with Crippen molar-refractivity contribution in [3.05, 3.63) is 0 Å². The Labute approximate surface area is 124 Å². The van der Waals surface area contributed by atoms with Gasteiger partial charge in [0.2, 0.25) is 0 Å². The van der Waals surface area contributed by atoms with E-state index in [0.29, 0.717) is 0 Å². The van der Waals surface area contributed by atoms with Crippen molar-refractivity contribution in [2.24, 2.45) is 5.92 Å². The molecule has 0 radical (unpaired) electrons. The first-order valence-electron chi connectivity index (χ1n) is 8.28. The van der Waals surface area contributed by atoms with Gasteiger partial charge in [-0.05, 0) is 56.9 Å². The number of thioether (sulfide) groups is 1. The number of nitrogens with one attached hydrogen (secondary N) is 1. The molecule has 19 heavy (non-hydrogen) atoms. The largest absolute Gasteiger partial charge is 0.313 e. The first-order valence-corrected chi connectivity index (χ1v) is 9.33. The van der Waals surface area contributed by atoms with Gasteiger partial charge in [-0.2, -0.15) is 11.8 Å². The molecule has 3 unspecified atom stereocenters. The van der Waals surface area contributed by atoms with Crippen LogP contribution in [0, 0.1) is 5.92 Å². The van der Waals surface area contributed by atoms with Crippen LogP contribution in [-0.4, -0.2) is 47.6 Å². The Morgan fingerprint density at radius 3 is 2.89 bits per heavy atom. The van der Waals surface area contributed by atoms with Crippen molar-refractivity contribution in [3.63, 3.8) is 0 Å². The Kier molecular flexibility index (Phi) is 6.51. The van der Waals surface area contributed by atoms with Gasteiger partial charge in [0.15, 0.2) is 0 Å². The topological polar surface area (TPSA) is 15.3 Å². The summed E-state index contributed by atoms with van der Waals surface area (Å²) in [4.78, 5) is 2.81. The standard InChI is InChI=1S/C16H32N2S/c1-4-19-16-7-6-15(11-16)18-9-5-8-17-14(12-18)10-13(2)3/h13-17H,4-12H2,1-3H3. The van der Waals surface area contributed by atoms with Crippen LogP contribution < -0.4 is 5.32 Å². The van der Waals surface area contributed by atoms with Crippen molar-refractivity contribution in [1.29, 1.82) is 0 Å². The molecule has 1 aliphatic heterocycles. The predicted octanol–water partition coefficient (Wildman–Crippen LogP) is 3.37. The zero-order valence-electron chi connectivity index (χ0n) is 13.0. The van der Waals surface area contributed by atoms with E-state index in [9.17, 15) is 0 Å². The number of nitrogens with zero attached hydrogens (tertiary/aromatic N) is 1. The van der Waals surface area contributed by atoms with Crippen molar-refractivity contribution < 1.29 is 0 Å². The van der Waals surface area contributed by atoms with Gasteiger partial charge < -0.3 is 5.32 Å². The zero-order valence-corrected chi connectivity index (χ0v) is 13.8. The normalized spacial score (nSPS) is 33.8. The van der Waals surface area contributed by atoms with Crippen molar-refractivity contribution in [2.75, 3.05) is 25.4 Å². The van der Waals surface area contributed by atoms with Gasteiger partial charge in [-0.15, -0.1) is 0 Å². The smallest absolute Gasteiger partial charge is 0.0197 e. The second-order valence-electron chi connectivity index (χ2n) is 6.67. The lowest BCUT2D eigenvalue weighted by Gasteiger charge is -2.30. The molecule has 0 aromatic rings. The van der Waals surface area contributed by atoms with E-state index in [1.165, 1.54) is 57.5 Å². The maximum atomic E-state index is 3.76.